The van der Waals surface area contributed by atoms with E-state index in [0.717, 1.165) is 44.5 Å². The summed E-state index contributed by atoms with van der Waals surface area (Å²) in [7, 11) is 1.80. The number of hydrogen-bond donors (Lipinski definition) is 0. The highest BCUT2D eigenvalue weighted by molar-refractivity contribution is 5.89. The maximum Gasteiger partial charge on any atom is 0.258 e. The molecule has 0 saturated heterocycles. The van der Waals surface area contributed by atoms with Crippen LogP contribution in [0.3, 0.4) is 0 Å². The molecule has 156 valence electrons. The van der Waals surface area contributed by atoms with Crippen LogP contribution >= 0.6 is 0 Å². The first-order valence-electron chi connectivity index (χ1n) is 10.7. The summed E-state index contributed by atoms with van der Waals surface area (Å²) in [5.74, 6) is 0. The van der Waals surface area contributed by atoms with Crippen LogP contribution in [0.4, 0.5) is 17.1 Å². The fraction of sp³-hybridized carbons (Fsp3) is 0.0690. The third kappa shape index (κ3) is 3.58. The van der Waals surface area contributed by atoms with Crippen LogP contribution in [0, 0.1) is 6.92 Å². The SMILES string of the molecule is Cc1cn(C)c(=O)c2cc(-c3ccc(N(c4ccccc4)c4ccccc4)cc3)ccc12. The molecule has 0 bridgehead atoms. The predicted molar refractivity (Wildman–Crippen MR) is 134 cm³/mol. The molecular formula is C29H24N2O. The number of pyridine rings is 1. The number of fused-ring (bicyclic) bond motifs is 1. The first-order valence-corrected chi connectivity index (χ1v) is 10.7. The number of rotatable bonds is 4. The van der Waals surface area contributed by atoms with Gasteiger partial charge >= 0.3 is 0 Å². The third-order valence-electron chi connectivity index (χ3n) is 5.87. The molecule has 0 aliphatic carbocycles. The zero-order valence-corrected chi connectivity index (χ0v) is 18.2. The minimum absolute atomic E-state index is 0.0309. The average molecular weight is 417 g/mol. The molecule has 0 aliphatic rings. The van der Waals surface area contributed by atoms with E-state index < -0.39 is 0 Å². The van der Waals surface area contributed by atoms with Gasteiger partial charge in [-0.05, 0) is 71.5 Å². The minimum Gasteiger partial charge on any atom is -0.318 e. The van der Waals surface area contributed by atoms with E-state index in [2.05, 4.69) is 89.8 Å². The number of aryl methyl sites for hydroxylation is 2. The van der Waals surface area contributed by atoms with E-state index in [1.54, 1.807) is 11.6 Å². The standard InChI is InChI=1S/C29H24N2O/c1-21-20-30(2)29(32)28-19-23(15-18-27(21)28)22-13-16-26(17-14-22)31(24-9-5-3-6-10-24)25-11-7-4-8-12-25/h3-20H,1-2H3. The van der Waals surface area contributed by atoms with E-state index in [-0.39, 0.29) is 5.56 Å². The van der Waals surface area contributed by atoms with Gasteiger partial charge in [-0.1, -0.05) is 60.7 Å². The van der Waals surface area contributed by atoms with Crippen molar-refractivity contribution >= 4 is 27.8 Å². The first-order chi connectivity index (χ1) is 15.6. The molecule has 0 saturated carbocycles. The Labute approximate surface area is 187 Å². The summed E-state index contributed by atoms with van der Waals surface area (Å²) in [5.41, 5.74) is 6.55. The maximum atomic E-state index is 12.7. The van der Waals surface area contributed by atoms with Crippen molar-refractivity contribution in [3.8, 4) is 11.1 Å². The van der Waals surface area contributed by atoms with Crippen molar-refractivity contribution in [2.45, 2.75) is 6.92 Å². The van der Waals surface area contributed by atoms with Crippen LogP contribution in [0.15, 0.2) is 114 Å². The Kier molecular flexibility index (Phi) is 5.08. The van der Waals surface area contributed by atoms with Crippen LogP contribution in [0.5, 0.6) is 0 Å². The van der Waals surface area contributed by atoms with Gasteiger partial charge in [0.25, 0.3) is 5.56 Å². The van der Waals surface area contributed by atoms with Crippen LogP contribution in [0.25, 0.3) is 21.9 Å². The van der Waals surface area contributed by atoms with Crippen LogP contribution in [-0.4, -0.2) is 4.57 Å². The van der Waals surface area contributed by atoms with Crippen LogP contribution in [0.2, 0.25) is 0 Å². The van der Waals surface area contributed by atoms with Gasteiger partial charge in [0.15, 0.2) is 0 Å². The van der Waals surface area contributed by atoms with E-state index >= 15 is 0 Å². The fourth-order valence-corrected chi connectivity index (χ4v) is 4.26. The number of benzene rings is 4. The highest BCUT2D eigenvalue weighted by Gasteiger charge is 2.12. The van der Waals surface area contributed by atoms with E-state index in [9.17, 15) is 4.79 Å². The molecule has 0 atom stereocenters. The number of nitrogens with zero attached hydrogens (tertiary/aromatic N) is 2. The lowest BCUT2D eigenvalue weighted by Crippen LogP contribution is -2.16. The molecule has 1 heterocycles. The van der Waals surface area contributed by atoms with Gasteiger partial charge in [-0.15, -0.1) is 0 Å². The number of para-hydroxylation sites is 2. The van der Waals surface area contributed by atoms with Gasteiger partial charge in [-0.3, -0.25) is 4.79 Å². The van der Waals surface area contributed by atoms with Crippen molar-refractivity contribution < 1.29 is 0 Å². The quantitative estimate of drug-likeness (QED) is 0.316. The molecule has 3 nitrogen and oxygen atoms in total. The van der Waals surface area contributed by atoms with Crippen LogP contribution in [0.1, 0.15) is 5.56 Å². The van der Waals surface area contributed by atoms with Gasteiger partial charge in [0, 0.05) is 35.7 Å². The molecular weight excluding hydrogens is 392 g/mol. The molecule has 4 aromatic carbocycles. The second kappa shape index (κ2) is 8.20. The van der Waals surface area contributed by atoms with E-state index in [4.69, 9.17) is 0 Å². The normalized spacial score (nSPS) is 10.9. The van der Waals surface area contributed by atoms with Gasteiger partial charge in [-0.2, -0.15) is 0 Å². The lowest BCUT2D eigenvalue weighted by atomic mass is 10.00. The summed E-state index contributed by atoms with van der Waals surface area (Å²) in [6.07, 6.45) is 1.89. The largest absolute Gasteiger partial charge is 0.318 e. The van der Waals surface area contributed by atoms with E-state index in [1.807, 2.05) is 31.3 Å². The summed E-state index contributed by atoms with van der Waals surface area (Å²) in [4.78, 5) is 14.9. The fourth-order valence-electron chi connectivity index (χ4n) is 4.26. The Balaban J connectivity index is 1.57. The average Bonchev–Trinajstić information content (AvgIpc) is 2.84. The van der Waals surface area contributed by atoms with Gasteiger partial charge in [-0.25, -0.2) is 0 Å². The molecule has 0 amide bonds. The summed E-state index contributed by atoms with van der Waals surface area (Å²) in [6, 6.07) is 35.4. The molecule has 5 aromatic rings. The van der Waals surface area contributed by atoms with Gasteiger partial charge in [0.05, 0.1) is 0 Å². The second-order valence-corrected chi connectivity index (χ2v) is 8.04. The third-order valence-corrected chi connectivity index (χ3v) is 5.87. The Morgan fingerprint density at radius 3 is 1.75 bits per heavy atom. The molecule has 1 aromatic heterocycles. The molecule has 0 unspecified atom stereocenters. The predicted octanol–water partition coefficient (Wildman–Crippen LogP) is 6.98. The smallest absolute Gasteiger partial charge is 0.258 e. The van der Waals surface area contributed by atoms with Crippen molar-refractivity contribution in [2.75, 3.05) is 4.90 Å². The summed E-state index contributed by atoms with van der Waals surface area (Å²) in [6.45, 7) is 2.04. The first kappa shape index (κ1) is 19.8. The molecule has 0 N–H and O–H groups in total. The lowest BCUT2D eigenvalue weighted by Gasteiger charge is -2.25. The molecule has 0 spiro atoms. The highest BCUT2D eigenvalue weighted by atomic mass is 16.1. The van der Waals surface area contributed by atoms with Gasteiger partial charge in [0.1, 0.15) is 0 Å². The van der Waals surface area contributed by atoms with Crippen LogP contribution in [-0.2, 0) is 7.05 Å². The Bertz CT molecular complexity index is 1400. The maximum absolute atomic E-state index is 12.7. The molecule has 0 aliphatic heterocycles. The monoisotopic (exact) mass is 416 g/mol. The second-order valence-electron chi connectivity index (χ2n) is 8.04. The number of aromatic nitrogens is 1. The summed E-state index contributed by atoms with van der Waals surface area (Å²) in [5, 5.41) is 1.76. The molecule has 3 heteroatoms. The zero-order chi connectivity index (χ0) is 22.1. The Morgan fingerprint density at radius 2 is 1.16 bits per heavy atom. The van der Waals surface area contributed by atoms with E-state index in [1.165, 1.54) is 0 Å². The molecule has 0 radical (unpaired) electrons. The summed E-state index contributed by atoms with van der Waals surface area (Å²) >= 11 is 0. The zero-order valence-electron chi connectivity index (χ0n) is 18.2. The van der Waals surface area contributed by atoms with E-state index in [0.29, 0.717) is 0 Å². The Hall–Kier alpha value is -4.11. The summed E-state index contributed by atoms with van der Waals surface area (Å²) < 4.78 is 1.65. The number of hydrogen-bond acceptors (Lipinski definition) is 2. The van der Waals surface area contributed by atoms with Crippen molar-refractivity contribution in [1.29, 1.82) is 0 Å². The van der Waals surface area contributed by atoms with Gasteiger partial charge < -0.3 is 9.47 Å². The van der Waals surface area contributed by atoms with Crippen molar-refractivity contribution in [2.24, 2.45) is 7.05 Å². The topological polar surface area (TPSA) is 25.2 Å². The molecule has 32 heavy (non-hydrogen) atoms. The highest BCUT2D eigenvalue weighted by Crippen LogP contribution is 2.35. The lowest BCUT2D eigenvalue weighted by molar-refractivity contribution is 0.866. The van der Waals surface area contributed by atoms with Crippen molar-refractivity contribution in [1.82, 2.24) is 4.57 Å². The Morgan fingerprint density at radius 1 is 0.625 bits per heavy atom. The van der Waals surface area contributed by atoms with Crippen molar-refractivity contribution in [3.05, 3.63) is 125 Å². The van der Waals surface area contributed by atoms with Gasteiger partial charge in [0.2, 0.25) is 0 Å². The van der Waals surface area contributed by atoms with Crippen LogP contribution < -0.4 is 10.5 Å². The number of anilines is 3. The minimum atomic E-state index is 0.0309. The van der Waals surface area contributed by atoms with Crippen molar-refractivity contribution in [3.63, 3.8) is 0 Å². The molecule has 0 fully saturated rings. The molecule has 5 rings (SSSR count).